The molecule has 0 spiro atoms. The van der Waals surface area contributed by atoms with Crippen LogP contribution in [0.25, 0.3) is 0 Å². The van der Waals surface area contributed by atoms with E-state index in [1.807, 2.05) is 0 Å². The zero-order chi connectivity index (χ0) is 21.2. The summed E-state index contributed by atoms with van der Waals surface area (Å²) in [6.07, 6.45) is 4.03. The van der Waals surface area contributed by atoms with Gasteiger partial charge in [-0.15, -0.1) is 0 Å². The number of nitrogens with two attached hydrogens (primary N) is 1. The van der Waals surface area contributed by atoms with Crippen molar-refractivity contribution >= 4 is 15.5 Å². The summed E-state index contributed by atoms with van der Waals surface area (Å²) in [5.41, 5.74) is 8.90. The molecule has 2 atom stereocenters. The number of phenolic OH excluding ortho intramolecular Hbond substituents is 2. The van der Waals surface area contributed by atoms with Gasteiger partial charge >= 0.3 is 0 Å². The number of hydrogen-bond donors (Lipinski definition) is 4. The number of nitrogens with zero attached hydrogens (tertiary/aromatic N) is 1. The molecule has 2 unspecified atom stereocenters. The molecular weight excluding hydrogens is 390 g/mol. The molecule has 158 valence electrons. The summed E-state index contributed by atoms with van der Waals surface area (Å²) in [4.78, 5) is 2.75. The van der Waals surface area contributed by atoms with E-state index in [-0.39, 0.29) is 11.5 Å². The first kappa shape index (κ1) is 21.4. The van der Waals surface area contributed by atoms with Gasteiger partial charge in [-0.25, -0.2) is 8.42 Å². The minimum Gasteiger partial charge on any atom is -0.508 e. The number of aromatic hydroxyl groups is 2. The van der Waals surface area contributed by atoms with Crippen LogP contribution in [0.15, 0.2) is 41.3 Å². The fourth-order valence-corrected chi connectivity index (χ4v) is 4.58. The molecule has 4 rings (SSSR count). The molecule has 1 heterocycles. The fourth-order valence-electron chi connectivity index (χ4n) is 3.95. The molecule has 1 fully saturated rings. The zero-order valence-corrected chi connectivity index (χ0v) is 17.6. The Morgan fingerprint density at radius 2 is 1.83 bits per heavy atom. The molecule has 0 amide bonds. The average Bonchev–Trinajstić information content (AvgIpc) is 3.28. The lowest BCUT2D eigenvalue weighted by atomic mass is 10.1. The molecule has 0 bridgehead atoms. The normalized spacial score (nSPS) is 21.3. The number of nitrogens with one attached hydrogen (secondary N) is 1. The lowest BCUT2D eigenvalue weighted by Gasteiger charge is -2.22. The van der Waals surface area contributed by atoms with Crippen LogP contribution in [-0.2, 0) is 22.7 Å². The standard InChI is InChI=1S/C13H18N2O2.C8H11NO2S/c14-9-1-2-15(7-9)10-3-8-4-11(16)6-13(17)12(8)5-10;1-9-7-3-5-8(6-4-7)12(2,10)11/h4,6,9-10,16-17H,1-3,5,7,14H2;3-6,9H,1-2H3. The second-order valence-electron chi connectivity index (χ2n) is 7.75. The highest BCUT2D eigenvalue weighted by molar-refractivity contribution is 7.90. The van der Waals surface area contributed by atoms with E-state index in [9.17, 15) is 18.6 Å². The molecule has 7 nitrogen and oxygen atoms in total. The molecule has 29 heavy (non-hydrogen) atoms. The Kier molecular flexibility index (Phi) is 6.36. The van der Waals surface area contributed by atoms with Crippen LogP contribution in [0.3, 0.4) is 0 Å². The van der Waals surface area contributed by atoms with Crippen molar-refractivity contribution in [2.75, 3.05) is 31.7 Å². The predicted molar refractivity (Wildman–Crippen MR) is 114 cm³/mol. The summed E-state index contributed by atoms with van der Waals surface area (Å²) < 4.78 is 22.0. The number of fused-ring (bicyclic) bond motifs is 1. The quantitative estimate of drug-likeness (QED) is 0.599. The van der Waals surface area contributed by atoms with Crippen LogP contribution in [-0.4, -0.2) is 62.0 Å². The van der Waals surface area contributed by atoms with Gasteiger partial charge in [0.2, 0.25) is 0 Å². The van der Waals surface area contributed by atoms with Crippen LogP contribution < -0.4 is 11.1 Å². The van der Waals surface area contributed by atoms with E-state index in [4.69, 9.17) is 5.73 Å². The van der Waals surface area contributed by atoms with Crippen molar-refractivity contribution < 1.29 is 18.6 Å². The highest BCUT2D eigenvalue weighted by atomic mass is 32.2. The van der Waals surface area contributed by atoms with Crippen molar-refractivity contribution in [1.82, 2.24) is 4.90 Å². The molecule has 1 aliphatic carbocycles. The maximum atomic E-state index is 11.0. The Hall–Kier alpha value is -2.29. The molecular formula is C21H29N3O4S. The van der Waals surface area contributed by atoms with E-state index in [1.165, 1.54) is 12.3 Å². The van der Waals surface area contributed by atoms with Gasteiger partial charge < -0.3 is 21.3 Å². The molecule has 1 saturated heterocycles. The van der Waals surface area contributed by atoms with E-state index in [0.29, 0.717) is 17.0 Å². The summed E-state index contributed by atoms with van der Waals surface area (Å²) in [5.74, 6) is 0.381. The average molecular weight is 420 g/mol. The van der Waals surface area contributed by atoms with Crippen molar-refractivity contribution in [3.05, 3.63) is 47.5 Å². The van der Waals surface area contributed by atoms with Gasteiger partial charge in [0.1, 0.15) is 11.5 Å². The summed E-state index contributed by atoms with van der Waals surface area (Å²) in [7, 11) is -1.27. The Morgan fingerprint density at radius 1 is 1.14 bits per heavy atom. The minimum atomic E-state index is -3.06. The maximum Gasteiger partial charge on any atom is 0.175 e. The molecule has 0 aromatic heterocycles. The van der Waals surface area contributed by atoms with Crippen molar-refractivity contribution in [3.63, 3.8) is 0 Å². The second kappa shape index (κ2) is 8.61. The first-order valence-corrected chi connectivity index (χ1v) is 11.6. The second-order valence-corrected chi connectivity index (χ2v) is 9.77. The minimum absolute atomic E-state index is 0.153. The van der Waals surface area contributed by atoms with Crippen LogP contribution in [0.2, 0.25) is 0 Å². The van der Waals surface area contributed by atoms with E-state index in [2.05, 4.69) is 10.2 Å². The van der Waals surface area contributed by atoms with Crippen LogP contribution in [0, 0.1) is 0 Å². The molecule has 2 aliphatic rings. The molecule has 0 radical (unpaired) electrons. The van der Waals surface area contributed by atoms with Gasteiger partial charge in [0, 0.05) is 50.2 Å². The third-order valence-electron chi connectivity index (χ3n) is 5.54. The summed E-state index contributed by atoms with van der Waals surface area (Å²) in [6, 6.07) is 10.6. The smallest absolute Gasteiger partial charge is 0.175 e. The predicted octanol–water partition coefficient (Wildman–Crippen LogP) is 1.73. The fraction of sp³-hybridized carbons (Fsp3) is 0.429. The summed E-state index contributed by atoms with van der Waals surface area (Å²) >= 11 is 0. The number of likely N-dealkylation sites (tertiary alicyclic amines) is 1. The molecule has 1 aliphatic heterocycles. The molecule has 5 N–H and O–H groups in total. The summed E-state index contributed by atoms with van der Waals surface area (Å²) in [5, 5.41) is 22.2. The van der Waals surface area contributed by atoms with Crippen LogP contribution in [0.4, 0.5) is 5.69 Å². The van der Waals surface area contributed by atoms with E-state index in [0.717, 1.165) is 49.2 Å². The van der Waals surface area contributed by atoms with Gasteiger partial charge in [-0.1, -0.05) is 0 Å². The Balaban J connectivity index is 0.000000177. The van der Waals surface area contributed by atoms with Gasteiger partial charge in [0.25, 0.3) is 0 Å². The van der Waals surface area contributed by atoms with Crippen molar-refractivity contribution in [2.24, 2.45) is 5.73 Å². The third kappa shape index (κ3) is 5.20. The van der Waals surface area contributed by atoms with Gasteiger partial charge in [-0.3, -0.25) is 4.90 Å². The van der Waals surface area contributed by atoms with Crippen LogP contribution >= 0.6 is 0 Å². The lowest BCUT2D eigenvalue weighted by molar-refractivity contribution is 0.246. The van der Waals surface area contributed by atoms with Gasteiger partial charge in [0.05, 0.1) is 4.90 Å². The van der Waals surface area contributed by atoms with E-state index >= 15 is 0 Å². The molecule has 2 aromatic rings. The summed E-state index contributed by atoms with van der Waals surface area (Å²) in [6.45, 7) is 2.00. The van der Waals surface area contributed by atoms with Gasteiger partial charge in [-0.2, -0.15) is 0 Å². The number of anilines is 1. The monoisotopic (exact) mass is 419 g/mol. The van der Waals surface area contributed by atoms with Crippen LogP contribution in [0.5, 0.6) is 11.5 Å². The number of benzene rings is 2. The lowest BCUT2D eigenvalue weighted by Crippen LogP contribution is -2.36. The SMILES string of the molecule is CNc1ccc(S(C)(=O)=O)cc1.NC1CCN(C2Cc3cc(O)cc(O)c3C2)C1. The Labute approximate surface area is 172 Å². The highest BCUT2D eigenvalue weighted by Crippen LogP contribution is 2.36. The van der Waals surface area contributed by atoms with E-state index in [1.54, 1.807) is 37.4 Å². The van der Waals surface area contributed by atoms with Crippen molar-refractivity contribution in [2.45, 2.75) is 36.2 Å². The van der Waals surface area contributed by atoms with Crippen LogP contribution in [0.1, 0.15) is 17.5 Å². The van der Waals surface area contributed by atoms with Crippen molar-refractivity contribution in [1.29, 1.82) is 0 Å². The van der Waals surface area contributed by atoms with Crippen molar-refractivity contribution in [3.8, 4) is 11.5 Å². The molecule has 8 heteroatoms. The number of phenols is 2. The van der Waals surface area contributed by atoms with Gasteiger partial charge in [-0.05, 0) is 60.7 Å². The largest absolute Gasteiger partial charge is 0.508 e. The number of sulfone groups is 1. The number of hydrogen-bond acceptors (Lipinski definition) is 7. The molecule has 2 aromatic carbocycles. The van der Waals surface area contributed by atoms with E-state index < -0.39 is 9.84 Å². The maximum absolute atomic E-state index is 11.0. The third-order valence-corrected chi connectivity index (χ3v) is 6.67. The Bertz CT molecular complexity index is 961. The highest BCUT2D eigenvalue weighted by Gasteiger charge is 2.32. The number of rotatable bonds is 3. The topological polar surface area (TPSA) is 116 Å². The van der Waals surface area contributed by atoms with Gasteiger partial charge in [0.15, 0.2) is 9.84 Å². The molecule has 0 saturated carbocycles. The first-order valence-electron chi connectivity index (χ1n) is 9.68. The Morgan fingerprint density at radius 3 is 2.38 bits per heavy atom. The zero-order valence-electron chi connectivity index (χ0n) is 16.8. The first-order chi connectivity index (χ1) is 13.7.